The monoisotopic (exact) mass is 427 g/mol. The van der Waals surface area contributed by atoms with Gasteiger partial charge in [0.1, 0.15) is 6.54 Å². The Morgan fingerprint density at radius 3 is 2.10 bits per heavy atom. The first kappa shape index (κ1) is 21.8. The third-order valence-electron chi connectivity index (χ3n) is 7.71. The lowest BCUT2D eigenvalue weighted by Gasteiger charge is -2.56. The van der Waals surface area contributed by atoms with Crippen molar-refractivity contribution in [2.24, 2.45) is 17.8 Å². The summed E-state index contributed by atoms with van der Waals surface area (Å²) in [6.45, 7) is 2.46. The minimum atomic E-state index is -0.374. The van der Waals surface area contributed by atoms with Crippen LogP contribution in [0, 0.1) is 17.8 Å². The summed E-state index contributed by atoms with van der Waals surface area (Å²) >= 11 is 0. The minimum absolute atomic E-state index is 0.104. The van der Waals surface area contributed by atoms with E-state index >= 15 is 0 Å². The zero-order chi connectivity index (χ0) is 22.2. The Morgan fingerprint density at radius 1 is 1.03 bits per heavy atom. The van der Waals surface area contributed by atoms with Crippen molar-refractivity contribution in [3.05, 3.63) is 35.4 Å². The molecule has 1 unspecified atom stereocenters. The van der Waals surface area contributed by atoms with Gasteiger partial charge in [-0.05, 0) is 75.3 Å². The second-order valence-electron chi connectivity index (χ2n) is 10.2. The number of imide groups is 1. The van der Waals surface area contributed by atoms with E-state index in [1.54, 1.807) is 19.2 Å². The molecule has 168 valence electrons. The van der Waals surface area contributed by atoms with E-state index in [1.165, 1.54) is 19.3 Å². The lowest BCUT2D eigenvalue weighted by molar-refractivity contribution is -0.908. The molecule has 31 heavy (non-hydrogen) atoms. The molecular weight excluding hydrogens is 392 g/mol. The molecule has 0 aromatic heterocycles. The van der Waals surface area contributed by atoms with E-state index in [-0.39, 0.29) is 29.4 Å². The van der Waals surface area contributed by atoms with Crippen molar-refractivity contribution in [3.63, 3.8) is 0 Å². The van der Waals surface area contributed by atoms with Crippen LogP contribution in [-0.2, 0) is 11.3 Å². The number of carbonyl (C=O) groups is 3. The highest BCUT2D eigenvalue weighted by molar-refractivity contribution is 5.96. The van der Waals surface area contributed by atoms with Crippen LogP contribution in [0.15, 0.2) is 24.3 Å². The minimum Gasteiger partial charge on any atom is -0.355 e. The summed E-state index contributed by atoms with van der Waals surface area (Å²) in [5, 5.41) is 8.40. The summed E-state index contributed by atoms with van der Waals surface area (Å²) in [6.07, 6.45) is 7.14. The van der Waals surface area contributed by atoms with Gasteiger partial charge in [0.25, 0.3) is 11.8 Å². The average molecular weight is 428 g/mol. The molecule has 5 rings (SSSR count). The van der Waals surface area contributed by atoms with Gasteiger partial charge in [0.15, 0.2) is 6.04 Å². The summed E-state index contributed by atoms with van der Waals surface area (Å²) in [5.74, 6) is 1.84. The number of urea groups is 1. The van der Waals surface area contributed by atoms with E-state index in [0.29, 0.717) is 12.1 Å². The Kier molecular flexibility index (Phi) is 6.06. The summed E-state index contributed by atoms with van der Waals surface area (Å²) in [6, 6.07) is 6.65. The molecule has 4 N–H and O–H groups in total. The van der Waals surface area contributed by atoms with Gasteiger partial charge in [-0.2, -0.15) is 0 Å². The number of hydrogen-bond acceptors (Lipinski definition) is 3. The van der Waals surface area contributed by atoms with Crippen LogP contribution in [0.1, 0.15) is 61.4 Å². The number of hydrogen-bond donors (Lipinski definition) is 4. The fourth-order valence-electron chi connectivity index (χ4n) is 6.37. The van der Waals surface area contributed by atoms with Crippen LogP contribution in [0.2, 0.25) is 0 Å². The van der Waals surface area contributed by atoms with Crippen LogP contribution in [0.25, 0.3) is 0 Å². The van der Waals surface area contributed by atoms with Gasteiger partial charge in [0, 0.05) is 23.7 Å². The molecule has 4 aliphatic carbocycles. The van der Waals surface area contributed by atoms with E-state index < -0.39 is 0 Å². The molecule has 0 saturated heterocycles. The highest BCUT2D eigenvalue weighted by atomic mass is 16.2. The molecule has 0 aliphatic heterocycles. The van der Waals surface area contributed by atoms with E-state index in [4.69, 9.17) is 0 Å². The molecule has 2 atom stereocenters. The van der Waals surface area contributed by atoms with Gasteiger partial charge in [-0.25, -0.2) is 4.79 Å². The van der Waals surface area contributed by atoms with Gasteiger partial charge in [-0.1, -0.05) is 12.1 Å². The van der Waals surface area contributed by atoms with Crippen LogP contribution in [-0.4, -0.2) is 43.5 Å². The summed E-state index contributed by atoms with van der Waals surface area (Å²) < 4.78 is 0. The number of rotatable bonds is 6. The first-order chi connectivity index (χ1) is 14.8. The number of benzene rings is 1. The molecule has 0 radical (unpaired) electrons. The lowest BCUT2D eigenvalue weighted by Crippen LogP contribution is -3.12. The highest BCUT2D eigenvalue weighted by Crippen LogP contribution is 2.55. The maximum atomic E-state index is 12.7. The smallest absolute Gasteiger partial charge is 0.322 e. The Hall–Kier alpha value is -2.41. The highest BCUT2D eigenvalue weighted by Gasteiger charge is 2.51. The molecule has 1 aromatic carbocycles. The quantitative estimate of drug-likeness (QED) is 0.551. The van der Waals surface area contributed by atoms with Gasteiger partial charge in [0.2, 0.25) is 0 Å². The van der Waals surface area contributed by atoms with Crippen molar-refractivity contribution >= 4 is 17.8 Å². The molecular formula is C24H35N4O3+. The predicted octanol–water partition coefficient (Wildman–Crippen LogP) is 1.24. The molecule has 7 nitrogen and oxygen atoms in total. The Morgan fingerprint density at radius 2 is 1.58 bits per heavy atom. The maximum absolute atomic E-state index is 12.7. The molecule has 4 bridgehead atoms. The standard InChI is InChI=1S/C24H34N4O3/c1-15(28(3)14-16-4-6-20(7-5-16)22(30)25-2)21(29)26-23(31)27-24-11-17-8-18(12-24)10-19(9-17)13-24/h4-7,15,17-19H,8-14H2,1-3H3,(H,25,30)(H2,26,27,29,31)/p+1/t15-,17?,18?,19?,24?/m0/s1. The average Bonchev–Trinajstić information content (AvgIpc) is 2.71. The van der Waals surface area contributed by atoms with E-state index in [9.17, 15) is 14.4 Å². The normalized spacial score (nSPS) is 30.4. The summed E-state index contributed by atoms with van der Waals surface area (Å²) in [4.78, 5) is 38.0. The van der Waals surface area contributed by atoms with E-state index in [2.05, 4.69) is 16.0 Å². The molecule has 4 fully saturated rings. The predicted molar refractivity (Wildman–Crippen MR) is 117 cm³/mol. The summed E-state index contributed by atoms with van der Waals surface area (Å²) in [5.41, 5.74) is 1.53. The van der Waals surface area contributed by atoms with Gasteiger partial charge in [0.05, 0.1) is 7.05 Å². The van der Waals surface area contributed by atoms with Gasteiger partial charge in [-0.3, -0.25) is 14.9 Å². The van der Waals surface area contributed by atoms with Gasteiger partial charge >= 0.3 is 6.03 Å². The first-order valence-corrected chi connectivity index (χ1v) is 11.5. The van der Waals surface area contributed by atoms with Crippen molar-refractivity contribution in [1.29, 1.82) is 0 Å². The van der Waals surface area contributed by atoms with Gasteiger partial charge < -0.3 is 15.5 Å². The Balaban J connectivity index is 1.29. The number of quaternary nitrogens is 1. The molecule has 7 heteroatoms. The number of likely N-dealkylation sites (N-methyl/N-ethyl adjacent to an activating group) is 1. The number of amides is 4. The third kappa shape index (κ3) is 4.76. The number of nitrogens with one attached hydrogen (secondary N) is 4. The molecule has 4 amide bonds. The third-order valence-corrected chi connectivity index (χ3v) is 7.71. The Bertz CT molecular complexity index is 816. The second kappa shape index (κ2) is 8.61. The first-order valence-electron chi connectivity index (χ1n) is 11.5. The van der Waals surface area contributed by atoms with Crippen molar-refractivity contribution in [2.75, 3.05) is 14.1 Å². The zero-order valence-electron chi connectivity index (χ0n) is 18.8. The molecule has 4 aliphatic rings. The van der Waals surface area contributed by atoms with E-state index in [1.807, 2.05) is 26.1 Å². The molecule has 4 saturated carbocycles. The second-order valence-corrected chi connectivity index (χ2v) is 10.2. The Labute approximate surface area is 184 Å². The van der Waals surface area contributed by atoms with Crippen LogP contribution >= 0.6 is 0 Å². The zero-order valence-corrected chi connectivity index (χ0v) is 18.8. The largest absolute Gasteiger partial charge is 0.355 e. The van der Waals surface area contributed by atoms with Crippen LogP contribution in [0.3, 0.4) is 0 Å². The molecule has 0 spiro atoms. The SMILES string of the molecule is CNC(=O)c1ccc(C[NH+](C)[C@@H](C)C(=O)NC(=O)NC23CC4CC(CC(C4)C2)C3)cc1. The number of carbonyl (C=O) groups excluding carboxylic acids is 3. The van der Waals surface area contributed by atoms with Crippen molar-refractivity contribution in [2.45, 2.75) is 63.6 Å². The lowest BCUT2D eigenvalue weighted by atomic mass is 9.53. The fourth-order valence-corrected chi connectivity index (χ4v) is 6.37. The van der Waals surface area contributed by atoms with Crippen molar-refractivity contribution in [3.8, 4) is 0 Å². The molecule has 1 aromatic rings. The van der Waals surface area contributed by atoms with Gasteiger partial charge in [-0.15, -0.1) is 0 Å². The fraction of sp³-hybridized carbons (Fsp3) is 0.625. The van der Waals surface area contributed by atoms with Crippen molar-refractivity contribution < 1.29 is 19.3 Å². The van der Waals surface area contributed by atoms with Crippen LogP contribution in [0.4, 0.5) is 4.79 Å². The summed E-state index contributed by atoms with van der Waals surface area (Å²) in [7, 11) is 3.54. The van der Waals surface area contributed by atoms with Crippen LogP contribution < -0.4 is 20.9 Å². The molecule has 0 heterocycles. The topological polar surface area (TPSA) is 91.7 Å². The van der Waals surface area contributed by atoms with Crippen molar-refractivity contribution in [1.82, 2.24) is 16.0 Å². The van der Waals surface area contributed by atoms with E-state index in [0.717, 1.165) is 47.5 Å². The van der Waals surface area contributed by atoms with Crippen LogP contribution in [0.5, 0.6) is 0 Å². The maximum Gasteiger partial charge on any atom is 0.322 e.